The molecular weight excluding hydrogens is 408 g/mol. The summed E-state index contributed by atoms with van der Waals surface area (Å²) in [5.74, 6) is 1.47. The monoisotopic (exact) mass is 430 g/mol. The second-order valence-electron chi connectivity index (χ2n) is 6.09. The Hall–Kier alpha value is -2.72. The topological polar surface area (TPSA) is 94.8 Å². The average molecular weight is 431 g/mol. The molecule has 0 unspecified atom stereocenters. The van der Waals surface area contributed by atoms with Crippen LogP contribution in [0, 0.1) is 6.92 Å². The molecule has 3 rings (SSSR count). The number of nitrogens with one attached hydrogen (secondary N) is 1. The lowest BCUT2D eigenvalue weighted by Gasteiger charge is -2.09. The van der Waals surface area contributed by atoms with Crippen molar-refractivity contribution in [2.45, 2.75) is 38.6 Å². The van der Waals surface area contributed by atoms with E-state index in [4.69, 9.17) is 4.74 Å². The van der Waals surface area contributed by atoms with Crippen LogP contribution in [-0.2, 0) is 24.4 Å². The summed E-state index contributed by atoms with van der Waals surface area (Å²) in [7, 11) is 0. The van der Waals surface area contributed by atoms with Gasteiger partial charge in [-0.3, -0.25) is 14.7 Å². The maximum atomic E-state index is 12.2. The lowest BCUT2D eigenvalue weighted by molar-refractivity contribution is -0.113. The zero-order chi connectivity index (χ0) is 20.6. The minimum absolute atomic E-state index is 0.167. The van der Waals surface area contributed by atoms with Crippen LogP contribution in [0.15, 0.2) is 42.1 Å². The van der Waals surface area contributed by atoms with Gasteiger partial charge in [-0.05, 0) is 31.0 Å². The molecule has 3 aromatic rings. The molecule has 1 aromatic carbocycles. The van der Waals surface area contributed by atoms with E-state index in [-0.39, 0.29) is 18.3 Å². The van der Waals surface area contributed by atoms with E-state index in [1.54, 1.807) is 6.08 Å². The van der Waals surface area contributed by atoms with Crippen molar-refractivity contribution in [2.24, 2.45) is 0 Å². The number of benzene rings is 1. The van der Waals surface area contributed by atoms with E-state index in [9.17, 15) is 4.79 Å². The Bertz CT molecular complexity index is 985. The number of anilines is 1. The number of rotatable bonds is 10. The molecule has 0 aliphatic carbocycles. The number of thioether (sulfide) groups is 1. The van der Waals surface area contributed by atoms with Gasteiger partial charge < -0.3 is 4.74 Å². The predicted octanol–water partition coefficient (Wildman–Crippen LogP) is 3.50. The van der Waals surface area contributed by atoms with Crippen LogP contribution in [0.5, 0.6) is 5.75 Å². The van der Waals surface area contributed by atoms with Gasteiger partial charge in [0.1, 0.15) is 17.4 Å². The Kier molecular flexibility index (Phi) is 7.36. The van der Waals surface area contributed by atoms with Crippen molar-refractivity contribution >= 4 is 34.1 Å². The number of ether oxygens (including phenoxy) is 1. The molecule has 152 valence electrons. The van der Waals surface area contributed by atoms with Gasteiger partial charge >= 0.3 is 0 Å². The van der Waals surface area contributed by atoms with Gasteiger partial charge in [0.2, 0.25) is 11.0 Å². The second-order valence-corrected chi connectivity index (χ2v) is 8.10. The third kappa shape index (κ3) is 5.88. The molecule has 1 N–H and O–H groups in total. The van der Waals surface area contributed by atoms with Crippen LogP contribution in [0.4, 0.5) is 5.13 Å². The predicted molar refractivity (Wildman–Crippen MR) is 114 cm³/mol. The molecule has 8 nitrogen and oxygen atoms in total. The normalized spacial score (nSPS) is 10.7. The molecular formula is C19H22N6O2S2. The Balaban J connectivity index is 1.60. The summed E-state index contributed by atoms with van der Waals surface area (Å²) in [6.45, 7) is 8.60. The molecule has 10 heteroatoms. The van der Waals surface area contributed by atoms with Gasteiger partial charge in [0.15, 0.2) is 11.0 Å². The number of allylic oxidation sites excluding steroid dienone is 1. The highest BCUT2D eigenvalue weighted by Crippen LogP contribution is 2.21. The summed E-state index contributed by atoms with van der Waals surface area (Å²) in [5.41, 5.74) is 1.12. The summed E-state index contributed by atoms with van der Waals surface area (Å²) in [6.07, 6.45) is 2.55. The third-order valence-corrected chi connectivity index (χ3v) is 5.76. The van der Waals surface area contributed by atoms with Crippen LogP contribution in [0.2, 0.25) is 0 Å². The van der Waals surface area contributed by atoms with Crippen molar-refractivity contribution in [1.82, 2.24) is 25.0 Å². The van der Waals surface area contributed by atoms with E-state index in [0.29, 0.717) is 22.7 Å². The lowest BCUT2D eigenvalue weighted by Crippen LogP contribution is -2.15. The first-order valence-electron chi connectivity index (χ1n) is 9.06. The van der Waals surface area contributed by atoms with Crippen molar-refractivity contribution in [3.63, 3.8) is 0 Å². The molecule has 0 aliphatic rings. The van der Waals surface area contributed by atoms with Crippen molar-refractivity contribution in [2.75, 3.05) is 11.1 Å². The van der Waals surface area contributed by atoms with Crippen molar-refractivity contribution < 1.29 is 9.53 Å². The molecule has 0 spiro atoms. The number of hydrogen-bond acceptors (Lipinski definition) is 8. The largest absolute Gasteiger partial charge is 0.486 e. The summed E-state index contributed by atoms with van der Waals surface area (Å²) >= 11 is 2.68. The molecule has 2 heterocycles. The van der Waals surface area contributed by atoms with Crippen LogP contribution >= 0.6 is 23.1 Å². The van der Waals surface area contributed by atoms with Crippen molar-refractivity contribution in [1.29, 1.82) is 0 Å². The molecule has 0 saturated carbocycles. The molecule has 29 heavy (non-hydrogen) atoms. The van der Waals surface area contributed by atoms with Gasteiger partial charge in [0.05, 0.1) is 5.75 Å². The quantitative estimate of drug-likeness (QED) is 0.388. The highest BCUT2D eigenvalue weighted by atomic mass is 32.2. The summed E-state index contributed by atoms with van der Waals surface area (Å²) in [5, 5.41) is 21.2. The van der Waals surface area contributed by atoms with Gasteiger partial charge in [-0.25, -0.2) is 0 Å². The zero-order valence-electron chi connectivity index (χ0n) is 16.3. The van der Waals surface area contributed by atoms with Gasteiger partial charge in [-0.1, -0.05) is 48.2 Å². The zero-order valence-corrected chi connectivity index (χ0v) is 17.9. The van der Waals surface area contributed by atoms with Crippen LogP contribution in [0.3, 0.4) is 0 Å². The third-order valence-electron chi connectivity index (χ3n) is 3.81. The van der Waals surface area contributed by atoms with Crippen LogP contribution < -0.4 is 10.1 Å². The molecule has 2 aromatic heterocycles. The first-order chi connectivity index (χ1) is 14.1. The first kappa shape index (κ1) is 21.0. The number of amides is 1. The van der Waals surface area contributed by atoms with Crippen LogP contribution in [0.25, 0.3) is 0 Å². The number of aryl methyl sites for hydroxylation is 2. The highest BCUT2D eigenvalue weighted by Gasteiger charge is 2.15. The SMILES string of the molecule is C=CCn1c(COc2cccc(C)c2)nnc1SCC(=O)Nc1nnc(CC)s1. The van der Waals surface area contributed by atoms with E-state index in [1.165, 1.54) is 23.1 Å². The maximum absolute atomic E-state index is 12.2. The van der Waals surface area contributed by atoms with E-state index in [2.05, 4.69) is 32.3 Å². The first-order valence-corrected chi connectivity index (χ1v) is 10.9. The molecule has 0 aliphatic heterocycles. The lowest BCUT2D eigenvalue weighted by atomic mass is 10.2. The molecule has 0 bridgehead atoms. The van der Waals surface area contributed by atoms with Gasteiger partial charge in [-0.2, -0.15) is 0 Å². The van der Waals surface area contributed by atoms with E-state index >= 15 is 0 Å². The molecule has 0 radical (unpaired) electrons. The number of nitrogens with zero attached hydrogens (tertiary/aromatic N) is 5. The Morgan fingerprint density at radius 3 is 2.93 bits per heavy atom. The molecule has 0 saturated heterocycles. The molecule has 0 fully saturated rings. The smallest absolute Gasteiger partial charge is 0.236 e. The van der Waals surface area contributed by atoms with E-state index < -0.39 is 0 Å². The molecule has 1 amide bonds. The Morgan fingerprint density at radius 1 is 1.34 bits per heavy atom. The van der Waals surface area contributed by atoms with Gasteiger partial charge in [0.25, 0.3) is 0 Å². The number of carbonyl (C=O) groups excluding carboxylic acids is 1. The second kappa shape index (κ2) is 10.2. The standard InChI is InChI=1S/C19H22N6O2S2/c1-4-9-25-15(11-27-14-8-6-7-13(3)10-14)21-24-19(25)28-12-16(26)20-18-23-22-17(5-2)29-18/h4,6-8,10H,1,5,9,11-12H2,2-3H3,(H,20,23,26). The maximum Gasteiger partial charge on any atom is 0.236 e. The highest BCUT2D eigenvalue weighted by molar-refractivity contribution is 7.99. The van der Waals surface area contributed by atoms with Crippen LogP contribution in [-0.4, -0.2) is 36.6 Å². The number of aromatic nitrogens is 5. The molecule has 0 atom stereocenters. The number of hydrogen-bond donors (Lipinski definition) is 1. The van der Waals surface area contributed by atoms with E-state index in [0.717, 1.165) is 22.7 Å². The Morgan fingerprint density at radius 2 is 2.21 bits per heavy atom. The van der Waals surface area contributed by atoms with Gasteiger partial charge in [-0.15, -0.1) is 27.0 Å². The van der Waals surface area contributed by atoms with Gasteiger partial charge in [0, 0.05) is 6.54 Å². The minimum atomic E-state index is -0.167. The summed E-state index contributed by atoms with van der Waals surface area (Å²) < 4.78 is 7.72. The fraction of sp³-hybridized carbons (Fsp3) is 0.316. The minimum Gasteiger partial charge on any atom is -0.486 e. The summed E-state index contributed by atoms with van der Waals surface area (Å²) in [4.78, 5) is 12.2. The fourth-order valence-electron chi connectivity index (χ4n) is 2.43. The average Bonchev–Trinajstić information content (AvgIpc) is 3.32. The number of carbonyl (C=O) groups is 1. The van der Waals surface area contributed by atoms with Crippen molar-refractivity contribution in [3.8, 4) is 5.75 Å². The van der Waals surface area contributed by atoms with Crippen LogP contribution in [0.1, 0.15) is 23.3 Å². The van der Waals surface area contributed by atoms with Crippen molar-refractivity contribution in [3.05, 3.63) is 53.3 Å². The Labute approximate surface area is 177 Å². The van der Waals surface area contributed by atoms with E-state index in [1.807, 2.05) is 42.7 Å². The summed E-state index contributed by atoms with van der Waals surface area (Å²) in [6, 6.07) is 7.82. The fourth-order valence-corrected chi connectivity index (χ4v) is 3.89.